The molecular formula is C19H15FN4O2S. The highest BCUT2D eigenvalue weighted by Gasteiger charge is 2.12. The molecule has 0 fully saturated rings. The molecule has 0 saturated heterocycles. The van der Waals surface area contributed by atoms with E-state index in [0.717, 1.165) is 11.4 Å². The number of nitrogens with one attached hydrogen (secondary N) is 1. The van der Waals surface area contributed by atoms with E-state index in [0.29, 0.717) is 27.5 Å². The van der Waals surface area contributed by atoms with Gasteiger partial charge >= 0.3 is 0 Å². The number of aromatic nitrogens is 4. The maximum atomic E-state index is 13.8. The smallest absolute Gasteiger partial charge is 0.262 e. The van der Waals surface area contributed by atoms with Crippen molar-refractivity contribution in [3.8, 4) is 11.4 Å². The second-order valence-corrected chi connectivity index (χ2v) is 6.71. The summed E-state index contributed by atoms with van der Waals surface area (Å²) >= 11 is 1.26. The Morgan fingerprint density at radius 3 is 2.70 bits per heavy atom. The van der Waals surface area contributed by atoms with Gasteiger partial charge in [-0.25, -0.2) is 14.1 Å². The summed E-state index contributed by atoms with van der Waals surface area (Å²) in [4.78, 5) is 19.6. The zero-order valence-corrected chi connectivity index (χ0v) is 15.2. The lowest BCUT2D eigenvalue weighted by Crippen LogP contribution is -2.09. The Bertz CT molecular complexity index is 1150. The first-order valence-electron chi connectivity index (χ1n) is 8.14. The average Bonchev–Trinajstić information content (AvgIpc) is 3.12. The molecule has 136 valence electrons. The van der Waals surface area contributed by atoms with Crippen molar-refractivity contribution in [2.45, 2.75) is 10.9 Å². The Morgan fingerprint density at radius 1 is 1.19 bits per heavy atom. The Hall–Kier alpha value is -3.13. The minimum Gasteiger partial charge on any atom is -0.497 e. The van der Waals surface area contributed by atoms with Gasteiger partial charge in [-0.2, -0.15) is 5.10 Å². The number of aromatic amines is 1. The van der Waals surface area contributed by atoms with Crippen molar-refractivity contribution >= 4 is 22.8 Å². The molecular weight excluding hydrogens is 367 g/mol. The van der Waals surface area contributed by atoms with Gasteiger partial charge in [-0.15, -0.1) is 0 Å². The molecule has 0 spiro atoms. The van der Waals surface area contributed by atoms with Crippen molar-refractivity contribution in [1.29, 1.82) is 0 Å². The molecule has 0 aliphatic heterocycles. The van der Waals surface area contributed by atoms with E-state index in [4.69, 9.17) is 4.74 Å². The van der Waals surface area contributed by atoms with Gasteiger partial charge < -0.3 is 9.72 Å². The number of benzene rings is 2. The van der Waals surface area contributed by atoms with Gasteiger partial charge in [0.15, 0.2) is 10.8 Å². The van der Waals surface area contributed by atoms with E-state index < -0.39 is 0 Å². The molecule has 2 aromatic heterocycles. The topological polar surface area (TPSA) is 72.8 Å². The van der Waals surface area contributed by atoms with E-state index in [9.17, 15) is 9.18 Å². The van der Waals surface area contributed by atoms with Crippen molar-refractivity contribution in [3.63, 3.8) is 0 Å². The largest absolute Gasteiger partial charge is 0.497 e. The standard InChI is InChI=1S/C19H15FN4O2S/c1-26-14-8-6-13(7-9-14)24-17-15(10-21-24)18(25)23-19(22-17)27-11-12-4-2-3-5-16(12)20/h2-10H,11H2,1H3,(H,22,23,25). The molecule has 0 radical (unpaired) electrons. The number of H-pyrrole nitrogens is 1. The van der Waals surface area contributed by atoms with Crippen molar-refractivity contribution in [2.24, 2.45) is 0 Å². The SMILES string of the molecule is COc1ccc(-n2ncc3c(=O)[nH]c(SCc4ccccc4F)nc32)cc1. The van der Waals surface area contributed by atoms with Crippen molar-refractivity contribution in [3.05, 3.63) is 76.5 Å². The second-order valence-electron chi connectivity index (χ2n) is 5.74. The van der Waals surface area contributed by atoms with Gasteiger partial charge in [0, 0.05) is 5.75 Å². The predicted molar refractivity (Wildman–Crippen MR) is 102 cm³/mol. The summed E-state index contributed by atoms with van der Waals surface area (Å²) in [6, 6.07) is 13.8. The van der Waals surface area contributed by atoms with Crippen LogP contribution in [0.4, 0.5) is 4.39 Å². The quantitative estimate of drug-likeness (QED) is 0.422. The van der Waals surface area contributed by atoms with Crippen LogP contribution in [0.1, 0.15) is 5.56 Å². The Morgan fingerprint density at radius 2 is 1.96 bits per heavy atom. The fraction of sp³-hybridized carbons (Fsp3) is 0.105. The molecule has 0 aliphatic carbocycles. The molecule has 2 aromatic carbocycles. The third-order valence-electron chi connectivity index (χ3n) is 4.06. The van der Waals surface area contributed by atoms with Gasteiger partial charge in [-0.05, 0) is 35.9 Å². The van der Waals surface area contributed by atoms with E-state index in [2.05, 4.69) is 15.1 Å². The molecule has 6 nitrogen and oxygen atoms in total. The monoisotopic (exact) mass is 382 g/mol. The summed E-state index contributed by atoms with van der Waals surface area (Å²) in [5.41, 5.74) is 1.47. The zero-order valence-electron chi connectivity index (χ0n) is 14.3. The summed E-state index contributed by atoms with van der Waals surface area (Å²) in [6.45, 7) is 0. The first kappa shape index (κ1) is 17.3. The molecule has 2 heterocycles. The second kappa shape index (κ2) is 7.24. The lowest BCUT2D eigenvalue weighted by molar-refractivity contribution is 0.414. The molecule has 4 aromatic rings. The van der Waals surface area contributed by atoms with Crippen LogP contribution in [-0.4, -0.2) is 26.9 Å². The van der Waals surface area contributed by atoms with Crippen LogP contribution in [0.2, 0.25) is 0 Å². The number of methoxy groups -OCH3 is 1. The number of ether oxygens (including phenoxy) is 1. The molecule has 27 heavy (non-hydrogen) atoms. The van der Waals surface area contributed by atoms with E-state index >= 15 is 0 Å². The summed E-state index contributed by atoms with van der Waals surface area (Å²) in [5.74, 6) is 0.802. The van der Waals surface area contributed by atoms with Gasteiger partial charge in [0.1, 0.15) is 17.0 Å². The first-order chi connectivity index (χ1) is 13.2. The Kier molecular flexibility index (Phi) is 4.64. The van der Waals surface area contributed by atoms with Crippen LogP contribution in [0, 0.1) is 5.82 Å². The minimum absolute atomic E-state index is 0.281. The third kappa shape index (κ3) is 3.43. The van der Waals surface area contributed by atoms with Crippen LogP contribution in [-0.2, 0) is 5.75 Å². The number of halogens is 1. The molecule has 8 heteroatoms. The lowest BCUT2D eigenvalue weighted by Gasteiger charge is -2.06. The van der Waals surface area contributed by atoms with Gasteiger partial charge in [-0.1, -0.05) is 30.0 Å². The Labute approximate surface area is 158 Å². The van der Waals surface area contributed by atoms with Gasteiger partial charge in [0.25, 0.3) is 5.56 Å². The van der Waals surface area contributed by atoms with Gasteiger partial charge in [0.2, 0.25) is 0 Å². The fourth-order valence-electron chi connectivity index (χ4n) is 2.64. The van der Waals surface area contributed by atoms with Gasteiger partial charge in [-0.3, -0.25) is 4.79 Å². The number of hydrogen-bond acceptors (Lipinski definition) is 5. The van der Waals surface area contributed by atoms with E-state index in [1.807, 2.05) is 24.3 Å². The average molecular weight is 382 g/mol. The number of fused-ring (bicyclic) bond motifs is 1. The summed E-state index contributed by atoms with van der Waals surface area (Å²) < 4.78 is 20.5. The fourth-order valence-corrected chi connectivity index (χ4v) is 3.48. The van der Waals surface area contributed by atoms with Crippen LogP contribution >= 0.6 is 11.8 Å². The highest BCUT2D eigenvalue weighted by molar-refractivity contribution is 7.98. The predicted octanol–water partition coefficient (Wildman–Crippen LogP) is 3.55. The maximum Gasteiger partial charge on any atom is 0.262 e. The highest BCUT2D eigenvalue weighted by Crippen LogP contribution is 2.23. The molecule has 0 amide bonds. The van der Waals surface area contributed by atoms with E-state index in [-0.39, 0.29) is 11.4 Å². The van der Waals surface area contributed by atoms with Crippen LogP contribution < -0.4 is 10.3 Å². The molecule has 0 bridgehead atoms. The third-order valence-corrected chi connectivity index (χ3v) is 4.98. The zero-order chi connectivity index (χ0) is 18.8. The Balaban J connectivity index is 1.69. The van der Waals surface area contributed by atoms with Crippen LogP contribution in [0.15, 0.2) is 64.7 Å². The molecule has 4 rings (SSSR count). The molecule has 0 aliphatic rings. The molecule has 0 unspecified atom stereocenters. The summed E-state index contributed by atoms with van der Waals surface area (Å²) in [7, 11) is 1.60. The number of thioether (sulfide) groups is 1. The summed E-state index contributed by atoms with van der Waals surface area (Å²) in [6.07, 6.45) is 1.48. The van der Waals surface area contributed by atoms with E-state index in [1.165, 1.54) is 24.0 Å². The molecule has 1 N–H and O–H groups in total. The molecule has 0 saturated carbocycles. The minimum atomic E-state index is -0.282. The molecule has 0 atom stereocenters. The van der Waals surface area contributed by atoms with Crippen molar-refractivity contribution < 1.29 is 9.13 Å². The summed E-state index contributed by atoms with van der Waals surface area (Å²) in [5, 5.41) is 5.08. The van der Waals surface area contributed by atoms with Crippen LogP contribution in [0.5, 0.6) is 5.75 Å². The van der Waals surface area contributed by atoms with Crippen LogP contribution in [0.3, 0.4) is 0 Å². The number of nitrogens with zero attached hydrogens (tertiary/aromatic N) is 3. The van der Waals surface area contributed by atoms with Crippen molar-refractivity contribution in [2.75, 3.05) is 7.11 Å². The first-order valence-corrected chi connectivity index (χ1v) is 9.13. The van der Waals surface area contributed by atoms with E-state index in [1.54, 1.807) is 30.0 Å². The lowest BCUT2D eigenvalue weighted by atomic mass is 10.2. The van der Waals surface area contributed by atoms with Crippen LogP contribution in [0.25, 0.3) is 16.7 Å². The van der Waals surface area contributed by atoms with Gasteiger partial charge in [0.05, 0.1) is 19.0 Å². The normalized spacial score (nSPS) is 11.0. The maximum absolute atomic E-state index is 13.8. The number of hydrogen-bond donors (Lipinski definition) is 1. The highest BCUT2D eigenvalue weighted by atomic mass is 32.2. The van der Waals surface area contributed by atoms with Crippen molar-refractivity contribution in [1.82, 2.24) is 19.7 Å². The number of rotatable bonds is 5.